The largest absolute Gasteiger partial charge is 0.465 e. The van der Waals surface area contributed by atoms with Crippen LogP contribution in [0.1, 0.15) is 39.7 Å². The zero-order valence-electron chi connectivity index (χ0n) is 16.4. The molecule has 0 aliphatic heterocycles. The van der Waals surface area contributed by atoms with E-state index in [4.69, 9.17) is 4.74 Å². The molecular formula is C21H28N2O3S. The second-order valence-corrected chi connectivity index (χ2v) is 9.25. The zero-order chi connectivity index (χ0) is 20.0. The third-order valence-electron chi connectivity index (χ3n) is 4.01. The van der Waals surface area contributed by atoms with Gasteiger partial charge in [-0.05, 0) is 69.5 Å². The van der Waals surface area contributed by atoms with Crippen molar-refractivity contribution in [1.29, 1.82) is 0 Å². The first-order valence-electron chi connectivity index (χ1n) is 8.98. The third-order valence-corrected chi connectivity index (χ3v) is 5.62. The maximum absolute atomic E-state index is 12.4. The molecular weight excluding hydrogens is 360 g/mol. The normalized spacial score (nSPS) is 13.8. The van der Waals surface area contributed by atoms with E-state index in [-0.39, 0.29) is 6.61 Å². The van der Waals surface area contributed by atoms with Crippen molar-refractivity contribution < 1.29 is 13.7 Å². The fraction of sp³-hybridized carbons (Fsp3) is 0.381. The van der Waals surface area contributed by atoms with E-state index >= 15 is 0 Å². The SMILES string of the molecule is C=C(C[C@@H](N[S@](=O)C(C)(C)C)C(=O)OCC)c1ccc(-n2cccc2)cc1. The average Bonchev–Trinajstić information content (AvgIpc) is 3.15. The van der Waals surface area contributed by atoms with Crippen LogP contribution in [0.4, 0.5) is 0 Å². The van der Waals surface area contributed by atoms with Crippen molar-refractivity contribution in [2.24, 2.45) is 0 Å². The highest BCUT2D eigenvalue weighted by molar-refractivity contribution is 7.84. The van der Waals surface area contributed by atoms with Crippen LogP contribution >= 0.6 is 0 Å². The summed E-state index contributed by atoms with van der Waals surface area (Å²) < 4.78 is 22.0. The van der Waals surface area contributed by atoms with Crippen molar-refractivity contribution in [3.8, 4) is 5.69 Å². The van der Waals surface area contributed by atoms with Crippen LogP contribution in [-0.4, -0.2) is 32.1 Å². The second-order valence-electron chi connectivity index (χ2n) is 7.25. The van der Waals surface area contributed by atoms with Crippen molar-refractivity contribution in [3.63, 3.8) is 0 Å². The first-order valence-corrected chi connectivity index (χ1v) is 10.1. The second kappa shape index (κ2) is 9.15. The fourth-order valence-electron chi connectivity index (χ4n) is 2.46. The van der Waals surface area contributed by atoms with E-state index in [2.05, 4.69) is 11.3 Å². The highest BCUT2D eigenvalue weighted by Gasteiger charge is 2.28. The van der Waals surface area contributed by atoms with Gasteiger partial charge in [0.2, 0.25) is 0 Å². The van der Waals surface area contributed by atoms with Gasteiger partial charge in [0.25, 0.3) is 0 Å². The van der Waals surface area contributed by atoms with Gasteiger partial charge in [0.1, 0.15) is 6.04 Å². The van der Waals surface area contributed by atoms with Gasteiger partial charge in [0.15, 0.2) is 0 Å². The first kappa shape index (κ1) is 21.1. The molecule has 0 bridgehead atoms. The van der Waals surface area contributed by atoms with Gasteiger partial charge in [0.05, 0.1) is 22.3 Å². The van der Waals surface area contributed by atoms with Gasteiger partial charge in [-0.2, -0.15) is 0 Å². The van der Waals surface area contributed by atoms with E-state index in [1.165, 1.54) is 0 Å². The van der Waals surface area contributed by atoms with Gasteiger partial charge in [-0.25, -0.2) is 8.93 Å². The predicted octanol–water partition coefficient (Wildman–Crippen LogP) is 3.86. The first-order chi connectivity index (χ1) is 12.7. The fourth-order valence-corrected chi connectivity index (χ4v) is 3.25. The summed E-state index contributed by atoms with van der Waals surface area (Å²) >= 11 is 0. The van der Waals surface area contributed by atoms with Crippen molar-refractivity contribution >= 4 is 22.5 Å². The Hall–Kier alpha value is -2.18. The molecule has 0 saturated carbocycles. The van der Waals surface area contributed by atoms with Crippen LogP contribution in [0.5, 0.6) is 0 Å². The molecule has 0 saturated heterocycles. The van der Waals surface area contributed by atoms with Crippen LogP contribution in [0, 0.1) is 0 Å². The molecule has 1 heterocycles. The van der Waals surface area contributed by atoms with Crippen LogP contribution in [0.15, 0.2) is 55.4 Å². The minimum Gasteiger partial charge on any atom is -0.465 e. The standard InChI is InChI=1S/C21H28N2O3S/c1-6-26-20(24)19(22-27(25)21(3,4)5)15-16(2)17-9-11-18(12-10-17)23-13-7-8-14-23/h7-14,19,22H,2,6,15H2,1,3-5H3/t19-,27-/m1/s1. The minimum atomic E-state index is -1.38. The van der Waals surface area contributed by atoms with Crippen molar-refractivity contribution in [1.82, 2.24) is 9.29 Å². The number of esters is 1. The molecule has 0 aliphatic carbocycles. The summed E-state index contributed by atoms with van der Waals surface area (Å²) in [7, 11) is -1.38. The van der Waals surface area contributed by atoms with Gasteiger partial charge in [-0.3, -0.25) is 4.79 Å². The molecule has 6 heteroatoms. The summed E-state index contributed by atoms with van der Waals surface area (Å²) in [6, 6.07) is 11.2. The lowest BCUT2D eigenvalue weighted by Crippen LogP contribution is -2.44. The lowest BCUT2D eigenvalue weighted by atomic mass is 10.0. The maximum atomic E-state index is 12.4. The van der Waals surface area contributed by atoms with Crippen LogP contribution < -0.4 is 4.72 Å². The van der Waals surface area contributed by atoms with Crippen LogP contribution in [-0.2, 0) is 20.5 Å². The molecule has 2 aromatic rings. The number of rotatable bonds is 8. The van der Waals surface area contributed by atoms with E-state index in [0.29, 0.717) is 6.42 Å². The summed E-state index contributed by atoms with van der Waals surface area (Å²) in [6.07, 6.45) is 4.28. The molecule has 0 unspecified atom stereocenters. The maximum Gasteiger partial charge on any atom is 0.324 e. The number of carbonyl (C=O) groups excluding carboxylic acids is 1. The van der Waals surface area contributed by atoms with Gasteiger partial charge in [-0.15, -0.1) is 0 Å². The van der Waals surface area contributed by atoms with Crippen molar-refractivity contribution in [2.45, 2.75) is 44.9 Å². The molecule has 0 amide bonds. The molecule has 5 nitrogen and oxygen atoms in total. The Bertz CT molecular complexity index is 790. The predicted molar refractivity (Wildman–Crippen MR) is 111 cm³/mol. The number of aromatic nitrogens is 1. The summed E-state index contributed by atoms with van der Waals surface area (Å²) in [5, 5.41) is 0. The minimum absolute atomic E-state index is 0.275. The molecule has 2 atom stereocenters. The number of benzene rings is 1. The zero-order valence-corrected chi connectivity index (χ0v) is 17.2. The average molecular weight is 389 g/mol. The molecule has 0 aliphatic rings. The summed E-state index contributed by atoms with van der Waals surface area (Å²) in [5.74, 6) is -0.416. The van der Waals surface area contributed by atoms with E-state index in [1.54, 1.807) is 6.92 Å². The summed E-state index contributed by atoms with van der Waals surface area (Å²) in [4.78, 5) is 12.3. The highest BCUT2D eigenvalue weighted by atomic mass is 32.2. The van der Waals surface area contributed by atoms with Crippen LogP contribution in [0.25, 0.3) is 11.3 Å². The van der Waals surface area contributed by atoms with E-state index in [9.17, 15) is 9.00 Å². The van der Waals surface area contributed by atoms with E-state index in [1.807, 2.05) is 74.1 Å². The topological polar surface area (TPSA) is 60.3 Å². The molecule has 1 aromatic heterocycles. The van der Waals surface area contributed by atoms with Gasteiger partial charge in [0, 0.05) is 18.1 Å². The molecule has 0 fully saturated rings. The summed E-state index contributed by atoms with van der Waals surface area (Å²) in [6.45, 7) is 11.7. The Labute approximate surface area is 164 Å². The molecule has 146 valence electrons. The monoisotopic (exact) mass is 388 g/mol. The van der Waals surface area contributed by atoms with Crippen LogP contribution in [0.2, 0.25) is 0 Å². The lowest BCUT2D eigenvalue weighted by molar-refractivity contribution is -0.144. The van der Waals surface area contributed by atoms with Gasteiger partial charge in [-0.1, -0.05) is 18.7 Å². The molecule has 1 aromatic carbocycles. The van der Waals surface area contributed by atoms with Crippen molar-refractivity contribution in [2.75, 3.05) is 6.61 Å². The van der Waals surface area contributed by atoms with E-state index in [0.717, 1.165) is 16.8 Å². The number of hydrogen-bond donors (Lipinski definition) is 1. The molecule has 27 heavy (non-hydrogen) atoms. The highest BCUT2D eigenvalue weighted by Crippen LogP contribution is 2.21. The Kier molecular flexibility index (Phi) is 7.16. The number of nitrogens with one attached hydrogen (secondary N) is 1. The molecule has 1 N–H and O–H groups in total. The Balaban J connectivity index is 2.12. The number of nitrogens with zero attached hydrogens (tertiary/aromatic N) is 1. The van der Waals surface area contributed by atoms with E-state index < -0.39 is 27.7 Å². The molecule has 2 rings (SSSR count). The Morgan fingerprint density at radius 3 is 2.33 bits per heavy atom. The number of ether oxygens (including phenoxy) is 1. The lowest BCUT2D eigenvalue weighted by Gasteiger charge is -2.23. The summed E-state index contributed by atoms with van der Waals surface area (Å²) in [5.41, 5.74) is 2.76. The molecule has 0 spiro atoms. The third kappa shape index (κ3) is 5.91. The molecule has 0 radical (unpaired) electrons. The Morgan fingerprint density at radius 1 is 1.22 bits per heavy atom. The van der Waals surface area contributed by atoms with Crippen molar-refractivity contribution in [3.05, 3.63) is 60.9 Å². The number of hydrogen-bond acceptors (Lipinski definition) is 3. The van der Waals surface area contributed by atoms with Crippen LogP contribution in [0.3, 0.4) is 0 Å². The number of carbonyl (C=O) groups is 1. The van der Waals surface area contributed by atoms with Gasteiger partial charge < -0.3 is 9.30 Å². The smallest absolute Gasteiger partial charge is 0.324 e. The Morgan fingerprint density at radius 2 is 1.81 bits per heavy atom. The quantitative estimate of drug-likeness (QED) is 0.699. The van der Waals surface area contributed by atoms with Gasteiger partial charge >= 0.3 is 5.97 Å².